The lowest BCUT2D eigenvalue weighted by atomic mass is 10.2. The van der Waals surface area contributed by atoms with E-state index in [9.17, 15) is 13.2 Å². The second-order valence-corrected chi connectivity index (χ2v) is 7.38. The summed E-state index contributed by atoms with van der Waals surface area (Å²) in [6.07, 6.45) is 0. The fraction of sp³-hybridized carbons (Fsp3) is 0.118. The molecule has 0 unspecified atom stereocenters. The van der Waals surface area contributed by atoms with Crippen LogP contribution in [-0.4, -0.2) is 30.3 Å². The number of rotatable bonds is 5. The normalized spacial score (nSPS) is 11.2. The minimum Gasteiger partial charge on any atom is -0.403 e. The average Bonchev–Trinajstić information content (AvgIpc) is 3.11. The predicted molar refractivity (Wildman–Crippen MR) is 91.9 cm³/mol. The van der Waals surface area contributed by atoms with Crippen molar-refractivity contribution in [3.05, 3.63) is 60.2 Å². The van der Waals surface area contributed by atoms with Crippen molar-refractivity contribution in [1.82, 2.24) is 10.2 Å². The number of hydrogen-bond acceptors (Lipinski definition) is 6. The summed E-state index contributed by atoms with van der Waals surface area (Å²) < 4.78 is 29.7. The van der Waals surface area contributed by atoms with Crippen molar-refractivity contribution in [3.63, 3.8) is 0 Å². The molecule has 0 saturated carbocycles. The van der Waals surface area contributed by atoms with Crippen molar-refractivity contribution in [2.75, 3.05) is 11.1 Å². The van der Waals surface area contributed by atoms with Crippen LogP contribution < -0.4 is 5.32 Å². The Balaban J connectivity index is 1.86. The summed E-state index contributed by atoms with van der Waals surface area (Å²) in [7, 11) is -3.53. The summed E-state index contributed by atoms with van der Waals surface area (Å²) in [4.78, 5) is 12.4. The van der Waals surface area contributed by atoms with Gasteiger partial charge in [-0.25, -0.2) is 8.42 Å². The molecule has 3 aromatic rings. The molecule has 1 N–H and O–H groups in total. The first-order valence-electron chi connectivity index (χ1n) is 7.53. The smallest absolute Gasteiger partial charge is 0.322 e. The molecular formula is C17H15N3O4S. The Morgan fingerprint density at radius 1 is 1.04 bits per heavy atom. The number of nitrogens with one attached hydrogen (secondary N) is 1. The van der Waals surface area contributed by atoms with Crippen LogP contribution in [-0.2, 0) is 9.84 Å². The number of nitrogens with zero attached hydrogens (tertiary/aromatic N) is 2. The third-order valence-corrected chi connectivity index (χ3v) is 5.30. The van der Waals surface area contributed by atoms with Gasteiger partial charge in [0.15, 0.2) is 9.84 Å². The van der Waals surface area contributed by atoms with Crippen molar-refractivity contribution < 1.29 is 17.6 Å². The highest BCUT2D eigenvalue weighted by Gasteiger charge is 2.22. The van der Waals surface area contributed by atoms with Crippen LogP contribution in [0.1, 0.15) is 17.3 Å². The zero-order chi connectivity index (χ0) is 17.9. The second-order valence-electron chi connectivity index (χ2n) is 5.13. The third-order valence-electron chi connectivity index (χ3n) is 3.51. The number of sulfone groups is 1. The van der Waals surface area contributed by atoms with Crippen molar-refractivity contribution in [2.45, 2.75) is 11.8 Å². The minimum absolute atomic E-state index is 0.0298. The summed E-state index contributed by atoms with van der Waals surface area (Å²) in [5.74, 6) is -0.475. The lowest BCUT2D eigenvalue weighted by Gasteiger charge is -2.07. The van der Waals surface area contributed by atoms with Crippen molar-refractivity contribution in [3.8, 4) is 11.5 Å². The number of anilines is 1. The number of aromatic nitrogens is 2. The molecule has 0 radical (unpaired) electrons. The average molecular weight is 357 g/mol. The van der Waals surface area contributed by atoms with E-state index in [-0.39, 0.29) is 28.1 Å². The molecule has 0 aliphatic heterocycles. The van der Waals surface area contributed by atoms with E-state index < -0.39 is 15.7 Å². The van der Waals surface area contributed by atoms with E-state index in [1.165, 1.54) is 19.1 Å². The Bertz CT molecular complexity index is 997. The van der Waals surface area contributed by atoms with Crippen LogP contribution >= 0.6 is 0 Å². The summed E-state index contributed by atoms with van der Waals surface area (Å²) in [5.41, 5.74) is 0.744. The molecular weight excluding hydrogens is 342 g/mol. The number of carbonyl (C=O) groups excluding carboxylic acids is 1. The van der Waals surface area contributed by atoms with Crippen LogP contribution in [0.5, 0.6) is 0 Å². The second kappa shape index (κ2) is 6.86. The van der Waals surface area contributed by atoms with Crippen LogP contribution in [0.2, 0.25) is 0 Å². The van der Waals surface area contributed by atoms with Crippen LogP contribution in [0.15, 0.2) is 63.9 Å². The highest BCUT2D eigenvalue weighted by molar-refractivity contribution is 7.91. The zero-order valence-corrected chi connectivity index (χ0v) is 14.2. The van der Waals surface area contributed by atoms with Crippen LogP contribution in [0.3, 0.4) is 0 Å². The molecule has 1 amide bonds. The number of benzene rings is 2. The van der Waals surface area contributed by atoms with Gasteiger partial charge in [0.25, 0.3) is 5.91 Å². The maximum absolute atomic E-state index is 12.4. The molecule has 0 atom stereocenters. The number of carbonyl (C=O) groups is 1. The molecule has 1 aromatic heterocycles. The largest absolute Gasteiger partial charge is 0.403 e. The lowest BCUT2D eigenvalue weighted by Crippen LogP contribution is -2.17. The molecule has 0 spiro atoms. The molecule has 1 heterocycles. The molecule has 0 aliphatic carbocycles. The van der Waals surface area contributed by atoms with Crippen LogP contribution in [0.25, 0.3) is 11.5 Å². The molecule has 0 aliphatic rings. The first kappa shape index (κ1) is 16.8. The molecule has 0 saturated heterocycles. The van der Waals surface area contributed by atoms with E-state index in [1.807, 2.05) is 18.2 Å². The van der Waals surface area contributed by atoms with E-state index in [2.05, 4.69) is 15.5 Å². The maximum Gasteiger partial charge on any atom is 0.322 e. The molecule has 0 bridgehead atoms. The topological polar surface area (TPSA) is 102 Å². The van der Waals surface area contributed by atoms with E-state index >= 15 is 0 Å². The Kier molecular flexibility index (Phi) is 4.62. The van der Waals surface area contributed by atoms with Crippen LogP contribution in [0, 0.1) is 0 Å². The van der Waals surface area contributed by atoms with Gasteiger partial charge in [-0.1, -0.05) is 42.4 Å². The Morgan fingerprint density at radius 3 is 2.44 bits per heavy atom. The highest BCUT2D eigenvalue weighted by Crippen LogP contribution is 2.21. The van der Waals surface area contributed by atoms with Gasteiger partial charge in [0.1, 0.15) is 0 Å². The van der Waals surface area contributed by atoms with Crippen molar-refractivity contribution in [1.29, 1.82) is 0 Å². The van der Waals surface area contributed by atoms with Gasteiger partial charge >= 0.3 is 6.01 Å². The standard InChI is InChI=1S/C17H15N3O4S/c1-2-25(22,23)14-11-7-6-10-13(14)15(21)18-17-20-19-16(24-17)12-8-4-3-5-9-12/h3-11H,2H2,1H3,(H,18,20,21). The van der Waals surface area contributed by atoms with Gasteiger partial charge in [0.05, 0.1) is 16.2 Å². The third kappa shape index (κ3) is 3.58. The van der Waals surface area contributed by atoms with E-state index in [1.54, 1.807) is 24.3 Å². The first-order valence-corrected chi connectivity index (χ1v) is 9.18. The van der Waals surface area contributed by atoms with Crippen LogP contribution in [0.4, 0.5) is 6.01 Å². The van der Waals surface area contributed by atoms with Gasteiger partial charge in [-0.05, 0) is 24.3 Å². The zero-order valence-electron chi connectivity index (χ0n) is 13.3. The quantitative estimate of drug-likeness (QED) is 0.753. The first-order chi connectivity index (χ1) is 12.0. The summed E-state index contributed by atoms with van der Waals surface area (Å²) >= 11 is 0. The highest BCUT2D eigenvalue weighted by atomic mass is 32.2. The fourth-order valence-corrected chi connectivity index (χ4v) is 3.31. The summed E-state index contributed by atoms with van der Waals surface area (Å²) in [5, 5.41) is 10.1. The summed E-state index contributed by atoms with van der Waals surface area (Å²) in [6, 6.07) is 15.0. The molecule has 128 valence electrons. The van der Waals surface area contributed by atoms with Gasteiger partial charge in [-0.2, -0.15) is 0 Å². The summed E-state index contributed by atoms with van der Waals surface area (Å²) in [6.45, 7) is 1.52. The molecule has 8 heteroatoms. The SMILES string of the molecule is CCS(=O)(=O)c1ccccc1C(=O)Nc1nnc(-c2ccccc2)o1. The van der Waals surface area contributed by atoms with Crippen molar-refractivity contribution >= 4 is 21.8 Å². The number of hydrogen-bond donors (Lipinski definition) is 1. The fourth-order valence-electron chi connectivity index (χ4n) is 2.22. The monoisotopic (exact) mass is 357 g/mol. The van der Waals surface area contributed by atoms with Gasteiger partial charge in [-0.3, -0.25) is 10.1 Å². The van der Waals surface area contributed by atoms with E-state index in [0.717, 1.165) is 0 Å². The minimum atomic E-state index is -3.53. The van der Waals surface area contributed by atoms with Gasteiger partial charge in [-0.15, -0.1) is 5.10 Å². The Hall–Kier alpha value is -3.00. The van der Waals surface area contributed by atoms with Gasteiger partial charge < -0.3 is 4.42 Å². The lowest BCUT2D eigenvalue weighted by molar-refractivity contribution is 0.102. The molecule has 25 heavy (non-hydrogen) atoms. The van der Waals surface area contributed by atoms with Gasteiger partial charge in [0.2, 0.25) is 5.89 Å². The van der Waals surface area contributed by atoms with Crippen molar-refractivity contribution in [2.24, 2.45) is 0 Å². The Labute approximate surface area is 144 Å². The molecule has 2 aromatic carbocycles. The number of amides is 1. The van der Waals surface area contributed by atoms with E-state index in [0.29, 0.717) is 5.56 Å². The molecule has 0 fully saturated rings. The Morgan fingerprint density at radius 2 is 1.72 bits per heavy atom. The van der Waals surface area contributed by atoms with Gasteiger partial charge in [0, 0.05) is 5.56 Å². The molecule has 3 rings (SSSR count). The van der Waals surface area contributed by atoms with E-state index in [4.69, 9.17) is 4.42 Å². The molecule has 7 nitrogen and oxygen atoms in total. The predicted octanol–water partition coefficient (Wildman–Crippen LogP) is 2.78. The maximum atomic E-state index is 12.4.